The Morgan fingerprint density at radius 3 is 2.80 bits per heavy atom. The van der Waals surface area contributed by atoms with E-state index in [2.05, 4.69) is 4.98 Å². The van der Waals surface area contributed by atoms with Gasteiger partial charge in [-0.3, -0.25) is 4.79 Å². The fraction of sp³-hybridized carbons (Fsp3) is 0.636. The summed E-state index contributed by atoms with van der Waals surface area (Å²) >= 11 is 0. The first-order chi connectivity index (χ1) is 6.97. The second-order valence-corrected chi connectivity index (χ2v) is 4.15. The van der Waals surface area contributed by atoms with Crippen LogP contribution >= 0.6 is 0 Å². The van der Waals surface area contributed by atoms with Crippen LogP contribution < -0.4 is 5.73 Å². The number of aryl methyl sites for hydroxylation is 2. The van der Waals surface area contributed by atoms with Crippen molar-refractivity contribution < 1.29 is 4.79 Å². The van der Waals surface area contributed by atoms with Gasteiger partial charge < -0.3 is 10.3 Å². The number of imidazole rings is 1. The molecule has 2 N–H and O–H groups in total. The lowest BCUT2D eigenvalue weighted by Gasteiger charge is -2.20. The number of carbonyl (C=O) groups excluding carboxylic acids is 1. The van der Waals surface area contributed by atoms with Crippen LogP contribution in [-0.4, -0.2) is 20.9 Å². The van der Waals surface area contributed by atoms with Gasteiger partial charge in [-0.15, -0.1) is 0 Å². The standard InChI is InChI=1S/C11H19N3O/c1-4-11(2,12)9(15)5-6-10-13-7-8-14(10)3/h7-8H,4-6,12H2,1-3H3. The molecule has 1 aromatic rings. The summed E-state index contributed by atoms with van der Waals surface area (Å²) in [6, 6.07) is 0. The Bertz CT molecular complexity index is 341. The SMILES string of the molecule is CCC(C)(N)C(=O)CCc1nccn1C. The average Bonchev–Trinajstić information content (AvgIpc) is 2.60. The molecule has 0 saturated heterocycles. The number of aromatic nitrogens is 2. The molecule has 0 spiro atoms. The molecule has 4 heteroatoms. The molecule has 84 valence electrons. The summed E-state index contributed by atoms with van der Waals surface area (Å²) < 4.78 is 1.92. The quantitative estimate of drug-likeness (QED) is 0.788. The van der Waals surface area contributed by atoms with Crippen molar-refractivity contribution in [2.24, 2.45) is 12.8 Å². The van der Waals surface area contributed by atoms with E-state index >= 15 is 0 Å². The van der Waals surface area contributed by atoms with Gasteiger partial charge >= 0.3 is 0 Å². The van der Waals surface area contributed by atoms with Crippen LogP contribution in [-0.2, 0) is 18.3 Å². The lowest BCUT2D eigenvalue weighted by molar-refractivity contribution is -0.123. The second-order valence-electron chi connectivity index (χ2n) is 4.15. The fourth-order valence-corrected chi connectivity index (χ4v) is 1.35. The van der Waals surface area contributed by atoms with Crippen molar-refractivity contribution in [1.82, 2.24) is 9.55 Å². The van der Waals surface area contributed by atoms with Gasteiger partial charge in [0.15, 0.2) is 5.78 Å². The van der Waals surface area contributed by atoms with Gasteiger partial charge in [0.05, 0.1) is 5.54 Å². The van der Waals surface area contributed by atoms with Gasteiger partial charge in [-0.1, -0.05) is 6.92 Å². The van der Waals surface area contributed by atoms with Crippen molar-refractivity contribution in [1.29, 1.82) is 0 Å². The molecule has 15 heavy (non-hydrogen) atoms. The van der Waals surface area contributed by atoms with E-state index in [0.717, 1.165) is 5.82 Å². The number of Topliss-reactive ketones (excluding diaryl/α,β-unsaturated/α-hetero) is 1. The highest BCUT2D eigenvalue weighted by Crippen LogP contribution is 2.11. The predicted octanol–water partition coefficient (Wildman–Crippen LogP) is 1.05. The Hall–Kier alpha value is -1.16. The summed E-state index contributed by atoms with van der Waals surface area (Å²) in [7, 11) is 1.92. The maximum atomic E-state index is 11.7. The van der Waals surface area contributed by atoms with Gasteiger partial charge in [0.1, 0.15) is 5.82 Å². The largest absolute Gasteiger partial charge is 0.338 e. The van der Waals surface area contributed by atoms with E-state index in [1.165, 1.54) is 0 Å². The van der Waals surface area contributed by atoms with Gasteiger partial charge in [-0.2, -0.15) is 0 Å². The van der Waals surface area contributed by atoms with Gasteiger partial charge in [-0.05, 0) is 13.3 Å². The molecule has 0 aliphatic carbocycles. The van der Waals surface area contributed by atoms with Crippen molar-refractivity contribution in [3.8, 4) is 0 Å². The van der Waals surface area contributed by atoms with E-state index in [4.69, 9.17) is 5.73 Å². The molecule has 1 heterocycles. The molecule has 0 fully saturated rings. The molecule has 1 rings (SSSR count). The van der Waals surface area contributed by atoms with E-state index in [1.54, 1.807) is 13.1 Å². The first kappa shape index (κ1) is 11.9. The summed E-state index contributed by atoms with van der Waals surface area (Å²) in [5.74, 6) is 1.03. The predicted molar refractivity (Wildman–Crippen MR) is 59.4 cm³/mol. The molecule has 0 bridgehead atoms. The zero-order valence-electron chi connectivity index (χ0n) is 9.66. The smallest absolute Gasteiger partial charge is 0.152 e. The summed E-state index contributed by atoms with van der Waals surface area (Å²) in [6.45, 7) is 3.71. The Labute approximate surface area is 90.5 Å². The highest BCUT2D eigenvalue weighted by Gasteiger charge is 2.25. The number of nitrogens with zero attached hydrogens (tertiary/aromatic N) is 2. The van der Waals surface area contributed by atoms with E-state index in [0.29, 0.717) is 19.3 Å². The number of carbonyl (C=O) groups is 1. The number of rotatable bonds is 5. The molecule has 0 saturated carbocycles. The average molecular weight is 209 g/mol. The zero-order chi connectivity index (χ0) is 11.5. The van der Waals surface area contributed by atoms with Gasteiger partial charge in [0, 0.05) is 32.3 Å². The summed E-state index contributed by atoms with van der Waals surface area (Å²) in [5.41, 5.74) is 5.17. The molecule has 0 radical (unpaired) electrons. The monoisotopic (exact) mass is 209 g/mol. The lowest BCUT2D eigenvalue weighted by atomic mass is 9.92. The zero-order valence-corrected chi connectivity index (χ0v) is 9.66. The first-order valence-corrected chi connectivity index (χ1v) is 5.25. The Balaban J connectivity index is 2.52. The van der Waals surface area contributed by atoms with Crippen LogP contribution in [0.2, 0.25) is 0 Å². The topological polar surface area (TPSA) is 60.9 Å². The second kappa shape index (κ2) is 4.57. The number of ketones is 1. The lowest BCUT2D eigenvalue weighted by Crippen LogP contribution is -2.44. The van der Waals surface area contributed by atoms with Crippen LogP contribution in [0.15, 0.2) is 12.4 Å². The summed E-state index contributed by atoms with van der Waals surface area (Å²) in [4.78, 5) is 15.9. The van der Waals surface area contributed by atoms with Crippen LogP contribution in [0.3, 0.4) is 0 Å². The number of hydrogen-bond acceptors (Lipinski definition) is 3. The van der Waals surface area contributed by atoms with Crippen molar-refractivity contribution in [2.75, 3.05) is 0 Å². The van der Waals surface area contributed by atoms with Crippen LogP contribution in [0.5, 0.6) is 0 Å². The van der Waals surface area contributed by atoms with E-state index in [-0.39, 0.29) is 5.78 Å². The normalized spacial score (nSPS) is 14.9. The number of nitrogens with two attached hydrogens (primary N) is 1. The van der Waals surface area contributed by atoms with Gasteiger partial charge in [0.2, 0.25) is 0 Å². The molecule has 0 amide bonds. The highest BCUT2D eigenvalue weighted by atomic mass is 16.1. The minimum absolute atomic E-state index is 0.105. The summed E-state index contributed by atoms with van der Waals surface area (Å²) in [5, 5.41) is 0. The van der Waals surface area contributed by atoms with Crippen molar-refractivity contribution in [2.45, 2.75) is 38.6 Å². The van der Waals surface area contributed by atoms with Crippen LogP contribution in [0.4, 0.5) is 0 Å². The van der Waals surface area contributed by atoms with Crippen molar-refractivity contribution >= 4 is 5.78 Å². The number of hydrogen-bond donors (Lipinski definition) is 1. The van der Waals surface area contributed by atoms with Gasteiger partial charge in [-0.25, -0.2) is 4.98 Å². The maximum absolute atomic E-state index is 11.7. The molecule has 1 aromatic heterocycles. The molecule has 4 nitrogen and oxygen atoms in total. The van der Waals surface area contributed by atoms with E-state index in [1.807, 2.05) is 24.7 Å². The Morgan fingerprint density at radius 1 is 1.67 bits per heavy atom. The Morgan fingerprint density at radius 2 is 2.33 bits per heavy atom. The van der Waals surface area contributed by atoms with Crippen molar-refractivity contribution in [3.63, 3.8) is 0 Å². The molecular weight excluding hydrogens is 190 g/mol. The molecule has 0 aliphatic heterocycles. The minimum Gasteiger partial charge on any atom is -0.338 e. The molecule has 1 unspecified atom stereocenters. The van der Waals surface area contributed by atoms with Crippen LogP contribution in [0.25, 0.3) is 0 Å². The minimum atomic E-state index is -0.689. The third-order valence-corrected chi connectivity index (χ3v) is 2.87. The fourth-order valence-electron chi connectivity index (χ4n) is 1.35. The third-order valence-electron chi connectivity index (χ3n) is 2.87. The van der Waals surface area contributed by atoms with E-state index < -0.39 is 5.54 Å². The molecular formula is C11H19N3O. The maximum Gasteiger partial charge on any atom is 0.152 e. The van der Waals surface area contributed by atoms with Crippen molar-refractivity contribution in [3.05, 3.63) is 18.2 Å². The molecule has 1 atom stereocenters. The molecule has 0 aromatic carbocycles. The summed E-state index contributed by atoms with van der Waals surface area (Å²) in [6.07, 6.45) is 5.41. The third kappa shape index (κ3) is 2.89. The van der Waals surface area contributed by atoms with Crippen LogP contribution in [0, 0.1) is 0 Å². The first-order valence-electron chi connectivity index (χ1n) is 5.25. The highest BCUT2D eigenvalue weighted by molar-refractivity contribution is 5.87. The van der Waals surface area contributed by atoms with Gasteiger partial charge in [0.25, 0.3) is 0 Å². The Kier molecular flexibility index (Phi) is 3.63. The molecule has 0 aliphatic rings. The van der Waals surface area contributed by atoms with E-state index in [9.17, 15) is 4.79 Å². The van der Waals surface area contributed by atoms with Crippen LogP contribution in [0.1, 0.15) is 32.5 Å².